The van der Waals surface area contributed by atoms with Crippen LogP contribution in [0.2, 0.25) is 0 Å². The Bertz CT molecular complexity index is 3140. The topological polar surface area (TPSA) is 46.5 Å². The molecule has 254 valence electrons. The third-order valence-electron chi connectivity index (χ3n) is 11.0. The molecule has 0 radical (unpaired) electrons. The van der Waals surface area contributed by atoms with Crippen molar-refractivity contribution in [1.82, 2.24) is 14.1 Å². The molecule has 0 N–H and O–H groups in total. The average Bonchev–Trinajstić information content (AvgIpc) is 3.73. The summed E-state index contributed by atoms with van der Waals surface area (Å²) in [6, 6.07) is 58.6. The number of aryl methyl sites for hydroxylation is 2. The van der Waals surface area contributed by atoms with Gasteiger partial charge in [-0.3, -0.25) is 4.98 Å². The maximum absolute atomic E-state index is 11.1. The van der Waals surface area contributed by atoms with E-state index in [1.807, 2.05) is 12.4 Å². The second kappa shape index (κ2) is 12.5. The molecular formula is C50H34N4. The van der Waals surface area contributed by atoms with Crippen molar-refractivity contribution in [3.63, 3.8) is 0 Å². The van der Waals surface area contributed by atoms with Crippen molar-refractivity contribution < 1.29 is 0 Å². The number of aromatic nitrogens is 3. The highest BCUT2D eigenvalue weighted by molar-refractivity contribution is 6.12. The fourth-order valence-electron chi connectivity index (χ4n) is 8.39. The van der Waals surface area contributed by atoms with Gasteiger partial charge in [-0.1, -0.05) is 109 Å². The summed E-state index contributed by atoms with van der Waals surface area (Å²) in [7, 11) is 0. The van der Waals surface area contributed by atoms with Crippen LogP contribution in [0.1, 0.15) is 16.7 Å². The Balaban J connectivity index is 1.30. The predicted octanol–water partition coefficient (Wildman–Crippen LogP) is 12.8. The third kappa shape index (κ3) is 4.87. The van der Waals surface area contributed by atoms with E-state index >= 15 is 0 Å². The second-order valence-corrected chi connectivity index (χ2v) is 14.0. The average molecular weight is 691 g/mol. The second-order valence-electron chi connectivity index (χ2n) is 14.0. The number of rotatable bonds is 5. The van der Waals surface area contributed by atoms with Crippen LogP contribution in [0, 0.1) is 25.2 Å². The highest BCUT2D eigenvalue weighted by Gasteiger charge is 2.22. The van der Waals surface area contributed by atoms with Gasteiger partial charge in [0.2, 0.25) is 0 Å². The molecule has 0 atom stereocenters. The first-order chi connectivity index (χ1) is 26.6. The molecule has 3 aromatic heterocycles. The molecule has 0 aliphatic rings. The van der Waals surface area contributed by atoms with Gasteiger partial charge in [0.05, 0.1) is 39.0 Å². The minimum Gasteiger partial charge on any atom is -0.309 e. The Hall–Kier alpha value is -7.22. The van der Waals surface area contributed by atoms with E-state index in [-0.39, 0.29) is 0 Å². The van der Waals surface area contributed by atoms with Crippen LogP contribution in [-0.4, -0.2) is 14.1 Å². The fourth-order valence-corrected chi connectivity index (χ4v) is 8.39. The van der Waals surface area contributed by atoms with Gasteiger partial charge in [-0.25, -0.2) is 0 Å². The van der Waals surface area contributed by atoms with Crippen LogP contribution in [0.15, 0.2) is 170 Å². The van der Waals surface area contributed by atoms with Gasteiger partial charge in [0.25, 0.3) is 0 Å². The Morgan fingerprint density at radius 1 is 0.426 bits per heavy atom. The van der Waals surface area contributed by atoms with Crippen LogP contribution in [0.5, 0.6) is 0 Å². The molecule has 7 aromatic carbocycles. The quantitative estimate of drug-likeness (QED) is 0.180. The molecule has 4 heteroatoms. The Morgan fingerprint density at radius 2 is 0.907 bits per heavy atom. The van der Waals surface area contributed by atoms with Crippen molar-refractivity contribution in [3.8, 4) is 50.8 Å². The van der Waals surface area contributed by atoms with Crippen LogP contribution < -0.4 is 0 Å². The molecule has 0 bridgehead atoms. The lowest BCUT2D eigenvalue weighted by molar-refractivity contribution is 1.13. The standard InChI is InChI=1S/C50H34N4/c1-32-11-3-5-13-38(32)35-19-21-42-40-15-7-9-17-45(40)53(48(42)27-35)47-30-44(34-23-25-52-26-24-34)50(29-37(47)31-51)54-46-18-10-8-16-41(46)43-22-20-36(28-49(43)54)39-14-6-4-12-33(39)2/h3-30H,1-2H3. The van der Waals surface area contributed by atoms with E-state index in [4.69, 9.17) is 0 Å². The minimum atomic E-state index is 0.591. The molecule has 0 saturated heterocycles. The van der Waals surface area contributed by atoms with Crippen LogP contribution >= 0.6 is 0 Å². The number of hydrogen-bond donors (Lipinski definition) is 0. The number of nitriles is 1. The first kappa shape index (κ1) is 31.5. The largest absolute Gasteiger partial charge is 0.309 e. The summed E-state index contributed by atoms with van der Waals surface area (Å²) < 4.78 is 4.62. The van der Waals surface area contributed by atoms with Crippen LogP contribution in [0.25, 0.3) is 88.4 Å². The highest BCUT2D eigenvalue weighted by Crippen LogP contribution is 2.42. The Kier molecular flexibility index (Phi) is 7.28. The first-order valence-electron chi connectivity index (χ1n) is 18.3. The molecule has 0 aliphatic carbocycles. The van der Waals surface area contributed by atoms with Gasteiger partial charge in [-0.2, -0.15) is 5.26 Å². The number of para-hydroxylation sites is 2. The predicted molar refractivity (Wildman–Crippen MR) is 223 cm³/mol. The Morgan fingerprint density at radius 3 is 1.44 bits per heavy atom. The molecule has 4 nitrogen and oxygen atoms in total. The number of benzene rings is 7. The number of pyridine rings is 1. The number of hydrogen-bond acceptors (Lipinski definition) is 2. The molecule has 0 saturated carbocycles. The summed E-state index contributed by atoms with van der Waals surface area (Å²) in [5, 5.41) is 15.7. The van der Waals surface area contributed by atoms with Crippen molar-refractivity contribution >= 4 is 43.6 Å². The van der Waals surface area contributed by atoms with Gasteiger partial charge in [-0.15, -0.1) is 0 Å². The summed E-state index contributed by atoms with van der Waals surface area (Å²) in [4.78, 5) is 4.39. The molecule has 0 amide bonds. The molecule has 0 unspecified atom stereocenters. The van der Waals surface area contributed by atoms with E-state index in [1.54, 1.807) is 0 Å². The third-order valence-corrected chi connectivity index (χ3v) is 11.0. The molecule has 0 fully saturated rings. The first-order valence-corrected chi connectivity index (χ1v) is 18.3. The van der Waals surface area contributed by atoms with E-state index in [0.29, 0.717) is 5.56 Å². The number of fused-ring (bicyclic) bond motifs is 6. The van der Waals surface area contributed by atoms with E-state index in [9.17, 15) is 5.26 Å². The summed E-state index contributed by atoms with van der Waals surface area (Å²) in [6.07, 6.45) is 3.68. The maximum atomic E-state index is 11.1. The van der Waals surface area contributed by atoms with Gasteiger partial charge in [0.15, 0.2) is 0 Å². The Labute approximate surface area is 313 Å². The molecule has 54 heavy (non-hydrogen) atoms. The van der Waals surface area contributed by atoms with E-state index in [1.165, 1.54) is 27.6 Å². The zero-order valence-electron chi connectivity index (χ0n) is 30.0. The summed E-state index contributed by atoms with van der Waals surface area (Å²) in [5.74, 6) is 0. The maximum Gasteiger partial charge on any atom is 0.101 e. The van der Waals surface area contributed by atoms with Crippen molar-refractivity contribution in [2.75, 3.05) is 0 Å². The zero-order chi connectivity index (χ0) is 36.3. The minimum absolute atomic E-state index is 0.591. The summed E-state index contributed by atoms with van der Waals surface area (Å²) in [6.45, 7) is 4.31. The highest BCUT2D eigenvalue weighted by atomic mass is 15.0. The van der Waals surface area contributed by atoms with E-state index in [2.05, 4.69) is 192 Å². The molecule has 3 heterocycles. The van der Waals surface area contributed by atoms with Gasteiger partial charge in [0.1, 0.15) is 6.07 Å². The van der Waals surface area contributed by atoms with Crippen LogP contribution in [0.4, 0.5) is 0 Å². The van der Waals surface area contributed by atoms with Gasteiger partial charge >= 0.3 is 0 Å². The van der Waals surface area contributed by atoms with E-state index in [0.717, 1.165) is 71.9 Å². The summed E-state index contributed by atoms with van der Waals surface area (Å²) >= 11 is 0. The molecular weight excluding hydrogens is 657 g/mol. The molecule has 0 spiro atoms. The van der Waals surface area contributed by atoms with Gasteiger partial charge in [0, 0.05) is 39.5 Å². The van der Waals surface area contributed by atoms with Crippen LogP contribution in [0.3, 0.4) is 0 Å². The molecule has 10 aromatic rings. The van der Waals surface area contributed by atoms with Crippen LogP contribution in [-0.2, 0) is 0 Å². The fraction of sp³-hybridized carbons (Fsp3) is 0.0400. The lowest BCUT2D eigenvalue weighted by Crippen LogP contribution is -2.04. The van der Waals surface area contributed by atoms with E-state index < -0.39 is 0 Å². The van der Waals surface area contributed by atoms with Crippen molar-refractivity contribution in [1.29, 1.82) is 5.26 Å². The lowest BCUT2D eigenvalue weighted by atomic mass is 9.98. The SMILES string of the molecule is Cc1ccccc1-c1ccc2c3ccccc3n(-c3cc(-c4ccncc4)c(-n4c5ccccc5c5ccc(-c6ccccc6C)cc54)cc3C#N)c2c1. The lowest BCUT2D eigenvalue weighted by Gasteiger charge is -2.19. The summed E-state index contributed by atoms with van der Waals surface area (Å²) in [5.41, 5.74) is 15.8. The van der Waals surface area contributed by atoms with Gasteiger partial charge in [-0.05, 0) is 101 Å². The van der Waals surface area contributed by atoms with Crippen molar-refractivity contribution in [2.45, 2.75) is 13.8 Å². The smallest absolute Gasteiger partial charge is 0.101 e. The molecule has 0 aliphatic heterocycles. The van der Waals surface area contributed by atoms with Gasteiger partial charge < -0.3 is 9.13 Å². The monoisotopic (exact) mass is 690 g/mol. The zero-order valence-corrected chi connectivity index (χ0v) is 30.0. The van der Waals surface area contributed by atoms with Crippen molar-refractivity contribution in [3.05, 3.63) is 187 Å². The van der Waals surface area contributed by atoms with Crippen molar-refractivity contribution in [2.24, 2.45) is 0 Å². The number of nitrogens with zero attached hydrogens (tertiary/aromatic N) is 4. The normalized spacial score (nSPS) is 11.5. The molecule has 10 rings (SSSR count).